The van der Waals surface area contributed by atoms with Gasteiger partial charge in [0.15, 0.2) is 0 Å². The summed E-state index contributed by atoms with van der Waals surface area (Å²) in [6.45, 7) is 3.89. The van der Waals surface area contributed by atoms with Crippen molar-refractivity contribution in [1.82, 2.24) is 4.98 Å². The Morgan fingerprint density at radius 1 is 0.929 bits per heavy atom. The lowest BCUT2D eigenvalue weighted by atomic mass is 10.1. The number of para-hydroxylation sites is 1. The van der Waals surface area contributed by atoms with Crippen LogP contribution in [0.25, 0.3) is 12.2 Å². The van der Waals surface area contributed by atoms with Crippen molar-refractivity contribution >= 4 is 27.9 Å². The van der Waals surface area contributed by atoms with Crippen LogP contribution in [-0.4, -0.2) is 20.5 Å². The molecule has 3 aromatic rings. The molecule has 0 amide bonds. The van der Waals surface area contributed by atoms with Crippen molar-refractivity contribution in [3.8, 4) is 5.75 Å². The molecule has 0 radical (unpaired) electrons. The van der Waals surface area contributed by atoms with Gasteiger partial charge in [0.05, 0.1) is 17.7 Å². The number of nitrogens with one attached hydrogen (secondary N) is 1. The Bertz CT molecular complexity index is 1080. The van der Waals surface area contributed by atoms with E-state index in [-0.39, 0.29) is 4.90 Å². The van der Waals surface area contributed by atoms with Crippen LogP contribution in [0.3, 0.4) is 0 Å². The smallest absolute Gasteiger partial charge is 0.261 e. The van der Waals surface area contributed by atoms with Gasteiger partial charge in [-0.2, -0.15) is 0 Å². The second kappa shape index (κ2) is 8.27. The quantitative estimate of drug-likeness (QED) is 0.659. The highest BCUT2D eigenvalue weighted by Crippen LogP contribution is 2.23. The molecule has 0 saturated carbocycles. The van der Waals surface area contributed by atoms with E-state index in [0.29, 0.717) is 11.4 Å². The molecule has 0 aliphatic rings. The normalized spacial score (nSPS) is 11.5. The number of methoxy groups -OCH3 is 1. The minimum absolute atomic E-state index is 0.174. The van der Waals surface area contributed by atoms with Crippen LogP contribution in [0.15, 0.2) is 65.6 Å². The molecule has 0 aliphatic heterocycles. The molecule has 0 atom stereocenters. The third kappa shape index (κ3) is 4.78. The summed E-state index contributed by atoms with van der Waals surface area (Å²) in [6, 6.07) is 17.5. The number of nitrogens with zero attached hydrogens (tertiary/aromatic N) is 1. The van der Waals surface area contributed by atoms with Gasteiger partial charge in [-0.3, -0.25) is 9.71 Å². The zero-order chi connectivity index (χ0) is 20.1. The van der Waals surface area contributed by atoms with Crippen molar-refractivity contribution in [2.45, 2.75) is 18.7 Å². The maximum atomic E-state index is 12.7. The van der Waals surface area contributed by atoms with Gasteiger partial charge in [-0.05, 0) is 67.4 Å². The highest BCUT2D eigenvalue weighted by Gasteiger charge is 2.15. The highest BCUT2D eigenvalue weighted by molar-refractivity contribution is 7.92. The van der Waals surface area contributed by atoms with Crippen molar-refractivity contribution < 1.29 is 13.2 Å². The molecule has 28 heavy (non-hydrogen) atoms. The summed E-state index contributed by atoms with van der Waals surface area (Å²) in [4.78, 5) is 4.54. The van der Waals surface area contributed by atoms with Crippen molar-refractivity contribution in [1.29, 1.82) is 0 Å². The molecule has 0 aliphatic carbocycles. The first-order valence-corrected chi connectivity index (χ1v) is 10.2. The lowest BCUT2D eigenvalue weighted by Crippen LogP contribution is -2.13. The van der Waals surface area contributed by atoms with Crippen LogP contribution in [0.1, 0.15) is 22.5 Å². The number of ether oxygens (including phenoxy) is 1. The fraction of sp³-hybridized carbons (Fsp3) is 0.136. The summed E-state index contributed by atoms with van der Waals surface area (Å²) in [7, 11) is -2.17. The SMILES string of the molecule is COc1ccc(S(=O)(=O)Nc2ccccc2/C=C/c2cc(C)nc(C)c2)cc1. The first-order valence-electron chi connectivity index (χ1n) is 8.77. The fourth-order valence-electron chi connectivity index (χ4n) is 2.84. The molecule has 0 fully saturated rings. The molecule has 144 valence electrons. The summed E-state index contributed by atoms with van der Waals surface area (Å²) >= 11 is 0. The predicted molar refractivity (Wildman–Crippen MR) is 113 cm³/mol. The second-order valence-electron chi connectivity index (χ2n) is 6.38. The second-order valence-corrected chi connectivity index (χ2v) is 8.07. The fourth-order valence-corrected chi connectivity index (χ4v) is 3.93. The third-order valence-electron chi connectivity index (χ3n) is 4.13. The molecule has 3 rings (SSSR count). The third-order valence-corrected chi connectivity index (χ3v) is 5.52. The largest absolute Gasteiger partial charge is 0.497 e. The Balaban J connectivity index is 1.88. The first-order chi connectivity index (χ1) is 13.4. The summed E-state index contributed by atoms with van der Waals surface area (Å²) < 4.78 is 33.2. The van der Waals surface area contributed by atoms with Gasteiger partial charge in [0, 0.05) is 11.4 Å². The van der Waals surface area contributed by atoms with E-state index in [0.717, 1.165) is 22.5 Å². The molecule has 1 N–H and O–H groups in total. The number of pyridine rings is 1. The molecule has 6 heteroatoms. The molecular formula is C22H22N2O3S. The van der Waals surface area contributed by atoms with E-state index in [1.54, 1.807) is 24.3 Å². The topological polar surface area (TPSA) is 68.3 Å². The van der Waals surface area contributed by atoms with E-state index >= 15 is 0 Å². The minimum atomic E-state index is -3.71. The average Bonchev–Trinajstić information content (AvgIpc) is 2.66. The van der Waals surface area contributed by atoms with Gasteiger partial charge in [-0.15, -0.1) is 0 Å². The van der Waals surface area contributed by atoms with Gasteiger partial charge < -0.3 is 4.74 Å². The van der Waals surface area contributed by atoms with Crippen LogP contribution >= 0.6 is 0 Å². The van der Waals surface area contributed by atoms with Gasteiger partial charge in [0.2, 0.25) is 0 Å². The number of rotatable bonds is 6. The lowest BCUT2D eigenvalue weighted by Gasteiger charge is -2.11. The number of sulfonamides is 1. The Hall–Kier alpha value is -3.12. The summed E-state index contributed by atoms with van der Waals surface area (Å²) in [5.41, 5.74) is 4.17. The maximum absolute atomic E-state index is 12.7. The summed E-state index contributed by atoms with van der Waals surface area (Å²) in [6.07, 6.45) is 3.84. The van der Waals surface area contributed by atoms with Gasteiger partial charge in [0.1, 0.15) is 5.75 Å². The number of anilines is 1. The monoisotopic (exact) mass is 394 g/mol. The van der Waals surface area contributed by atoms with Crippen LogP contribution in [0.2, 0.25) is 0 Å². The van der Waals surface area contributed by atoms with Gasteiger partial charge >= 0.3 is 0 Å². The standard InChI is InChI=1S/C22H22N2O3S/c1-16-14-18(15-17(2)23-16)8-9-19-6-4-5-7-22(19)24-28(25,26)21-12-10-20(27-3)11-13-21/h4-15,24H,1-3H3/b9-8+. The molecular weight excluding hydrogens is 372 g/mol. The first kappa shape index (κ1) is 19.6. The zero-order valence-corrected chi connectivity index (χ0v) is 16.8. The van der Waals surface area contributed by atoms with E-state index < -0.39 is 10.0 Å². The summed E-state index contributed by atoms with van der Waals surface area (Å²) in [5.74, 6) is 0.602. The lowest BCUT2D eigenvalue weighted by molar-refractivity contribution is 0.414. The molecule has 1 heterocycles. The molecule has 2 aromatic carbocycles. The Morgan fingerprint density at radius 3 is 2.21 bits per heavy atom. The molecule has 0 bridgehead atoms. The number of aromatic nitrogens is 1. The zero-order valence-electron chi connectivity index (χ0n) is 16.0. The number of hydrogen-bond donors (Lipinski definition) is 1. The summed E-state index contributed by atoms with van der Waals surface area (Å²) in [5, 5.41) is 0. The predicted octanol–water partition coefficient (Wildman–Crippen LogP) is 4.68. The Kier molecular flexibility index (Phi) is 5.80. The van der Waals surface area contributed by atoms with Crippen molar-refractivity contribution in [2.24, 2.45) is 0 Å². The van der Waals surface area contributed by atoms with Crippen LogP contribution in [-0.2, 0) is 10.0 Å². The molecule has 0 unspecified atom stereocenters. The van der Waals surface area contributed by atoms with Gasteiger partial charge in [-0.25, -0.2) is 8.42 Å². The Labute approximate surface area is 165 Å². The van der Waals surface area contributed by atoms with E-state index in [2.05, 4.69) is 9.71 Å². The average molecular weight is 394 g/mol. The highest BCUT2D eigenvalue weighted by atomic mass is 32.2. The number of aryl methyl sites for hydroxylation is 2. The molecule has 0 saturated heterocycles. The minimum Gasteiger partial charge on any atom is -0.497 e. The van der Waals surface area contributed by atoms with Crippen LogP contribution < -0.4 is 9.46 Å². The van der Waals surface area contributed by atoms with Crippen LogP contribution in [0.5, 0.6) is 5.75 Å². The van der Waals surface area contributed by atoms with E-state index in [1.807, 2.05) is 50.3 Å². The van der Waals surface area contributed by atoms with E-state index in [9.17, 15) is 8.42 Å². The molecule has 1 aromatic heterocycles. The van der Waals surface area contributed by atoms with Gasteiger partial charge in [0.25, 0.3) is 10.0 Å². The van der Waals surface area contributed by atoms with Crippen LogP contribution in [0.4, 0.5) is 5.69 Å². The van der Waals surface area contributed by atoms with Crippen molar-refractivity contribution in [3.05, 3.63) is 83.2 Å². The van der Waals surface area contributed by atoms with Crippen molar-refractivity contribution in [2.75, 3.05) is 11.8 Å². The molecule has 0 spiro atoms. The number of hydrogen-bond acceptors (Lipinski definition) is 4. The maximum Gasteiger partial charge on any atom is 0.261 e. The van der Waals surface area contributed by atoms with Crippen molar-refractivity contribution in [3.63, 3.8) is 0 Å². The Morgan fingerprint density at radius 2 is 1.57 bits per heavy atom. The number of benzene rings is 2. The van der Waals surface area contributed by atoms with Gasteiger partial charge in [-0.1, -0.05) is 30.4 Å². The van der Waals surface area contributed by atoms with Crippen LogP contribution in [0, 0.1) is 13.8 Å². The van der Waals surface area contributed by atoms with E-state index in [4.69, 9.17) is 4.74 Å². The van der Waals surface area contributed by atoms with E-state index in [1.165, 1.54) is 19.2 Å². The molecule has 5 nitrogen and oxygen atoms in total.